The number of hydrogen-bond acceptors (Lipinski definition) is 8. The monoisotopic (exact) mass is 593 g/mol. The third-order valence-electron chi connectivity index (χ3n) is 6.81. The zero-order chi connectivity index (χ0) is 30.9. The topological polar surface area (TPSA) is 141 Å². The maximum absolute atomic E-state index is 13.6. The molecule has 0 saturated carbocycles. The first-order chi connectivity index (χ1) is 19.9. The number of pyridine rings is 1. The summed E-state index contributed by atoms with van der Waals surface area (Å²) in [5, 5.41) is 13.3. The van der Waals surface area contributed by atoms with Crippen molar-refractivity contribution in [1.82, 2.24) is 15.2 Å². The van der Waals surface area contributed by atoms with Gasteiger partial charge in [-0.15, -0.1) is 0 Å². The first-order valence-electron chi connectivity index (χ1n) is 13.5. The fourth-order valence-corrected chi connectivity index (χ4v) is 4.59. The van der Waals surface area contributed by atoms with Crippen molar-refractivity contribution in [2.45, 2.75) is 32.9 Å². The van der Waals surface area contributed by atoms with Gasteiger partial charge < -0.3 is 30.3 Å². The van der Waals surface area contributed by atoms with E-state index in [1.54, 1.807) is 30.2 Å². The molecule has 11 nitrogen and oxygen atoms in total. The molecular formula is C28H34F3N5O6. The fraction of sp³-hybridized carbons (Fsp3) is 0.464. The van der Waals surface area contributed by atoms with E-state index in [2.05, 4.69) is 20.5 Å². The van der Waals surface area contributed by atoms with Gasteiger partial charge in [-0.2, -0.15) is 13.2 Å². The van der Waals surface area contributed by atoms with E-state index in [9.17, 15) is 27.6 Å². The van der Waals surface area contributed by atoms with Crippen LogP contribution in [0.2, 0.25) is 0 Å². The molecule has 4 rings (SSSR count). The van der Waals surface area contributed by atoms with Gasteiger partial charge in [-0.3, -0.25) is 14.4 Å². The molecule has 2 fully saturated rings. The molecular weight excluding hydrogens is 559 g/mol. The lowest BCUT2D eigenvalue weighted by molar-refractivity contribution is -0.192. The van der Waals surface area contributed by atoms with Crippen LogP contribution in [0.3, 0.4) is 0 Å². The van der Waals surface area contributed by atoms with Gasteiger partial charge in [0.15, 0.2) is 0 Å². The van der Waals surface area contributed by atoms with Crippen molar-refractivity contribution >= 4 is 35.3 Å². The molecule has 2 aromatic rings. The van der Waals surface area contributed by atoms with Crippen LogP contribution in [0.1, 0.15) is 46.0 Å². The van der Waals surface area contributed by atoms with Crippen LogP contribution in [0.4, 0.5) is 24.7 Å². The Hall–Kier alpha value is -4.20. The minimum absolute atomic E-state index is 0.139. The Morgan fingerprint density at radius 1 is 1.07 bits per heavy atom. The number of aliphatic carboxylic acids is 1. The Bertz CT molecular complexity index is 1270. The van der Waals surface area contributed by atoms with Gasteiger partial charge in [0.05, 0.1) is 30.0 Å². The molecule has 0 unspecified atom stereocenters. The number of piperidine rings is 1. The number of nitrogens with zero attached hydrogens (tertiary/aromatic N) is 3. The third-order valence-corrected chi connectivity index (χ3v) is 6.81. The number of nitrogens with one attached hydrogen (secondary N) is 2. The Morgan fingerprint density at radius 2 is 1.69 bits per heavy atom. The number of aryl methyl sites for hydroxylation is 1. The fourth-order valence-electron chi connectivity index (χ4n) is 4.59. The maximum atomic E-state index is 13.6. The zero-order valence-corrected chi connectivity index (χ0v) is 23.4. The number of likely N-dealkylation sites (tertiary alicyclic amines) is 1. The van der Waals surface area contributed by atoms with Crippen molar-refractivity contribution in [1.29, 1.82) is 0 Å². The van der Waals surface area contributed by atoms with E-state index in [1.165, 1.54) is 0 Å². The van der Waals surface area contributed by atoms with E-state index < -0.39 is 12.1 Å². The van der Waals surface area contributed by atoms with Crippen LogP contribution in [0, 0.1) is 12.8 Å². The SMILES string of the molecule is CCOC(=O)C1CCN(C(=O)c2cc(NC(=O)c3ccccc3C)cnc2N2CCNCC2)CC1.O=C(O)C(F)(F)F. The molecule has 0 bridgehead atoms. The molecule has 0 spiro atoms. The number of benzene rings is 1. The van der Waals surface area contributed by atoms with Gasteiger partial charge in [-0.1, -0.05) is 18.2 Å². The summed E-state index contributed by atoms with van der Waals surface area (Å²) in [5.41, 5.74) is 2.38. The first-order valence-corrected chi connectivity index (χ1v) is 13.5. The highest BCUT2D eigenvalue weighted by Gasteiger charge is 2.38. The highest BCUT2D eigenvalue weighted by molar-refractivity contribution is 6.06. The lowest BCUT2D eigenvalue weighted by Crippen LogP contribution is -2.45. The molecule has 0 aliphatic carbocycles. The number of amides is 2. The van der Waals surface area contributed by atoms with Crippen LogP contribution >= 0.6 is 0 Å². The molecule has 3 heterocycles. The summed E-state index contributed by atoms with van der Waals surface area (Å²) in [6.07, 6.45) is -2.33. The second-order valence-corrected chi connectivity index (χ2v) is 9.72. The van der Waals surface area contributed by atoms with Crippen LogP contribution in [-0.2, 0) is 14.3 Å². The lowest BCUT2D eigenvalue weighted by Gasteiger charge is -2.33. The maximum Gasteiger partial charge on any atom is 0.490 e. The minimum atomic E-state index is -5.08. The average molecular weight is 594 g/mol. The summed E-state index contributed by atoms with van der Waals surface area (Å²) >= 11 is 0. The number of esters is 1. The van der Waals surface area contributed by atoms with Crippen LogP contribution in [-0.4, -0.2) is 90.8 Å². The van der Waals surface area contributed by atoms with Crippen LogP contribution in [0.15, 0.2) is 36.5 Å². The average Bonchev–Trinajstić information content (AvgIpc) is 2.97. The predicted molar refractivity (Wildman–Crippen MR) is 147 cm³/mol. The van der Waals surface area contributed by atoms with Crippen molar-refractivity contribution < 1.29 is 42.2 Å². The van der Waals surface area contributed by atoms with Gasteiger partial charge >= 0.3 is 18.1 Å². The van der Waals surface area contributed by atoms with Crippen molar-refractivity contribution in [2.75, 3.05) is 56.1 Å². The number of piperazine rings is 1. The highest BCUT2D eigenvalue weighted by atomic mass is 19.4. The molecule has 1 aromatic heterocycles. The van der Waals surface area contributed by atoms with E-state index in [0.29, 0.717) is 55.2 Å². The Kier molecular flexibility index (Phi) is 11.2. The van der Waals surface area contributed by atoms with E-state index in [-0.39, 0.29) is 23.7 Å². The van der Waals surface area contributed by atoms with Gasteiger partial charge in [-0.05, 0) is 44.4 Å². The van der Waals surface area contributed by atoms with Gasteiger partial charge in [0.25, 0.3) is 11.8 Å². The summed E-state index contributed by atoms with van der Waals surface area (Å²) in [7, 11) is 0. The number of carboxylic acid groups (broad SMARTS) is 1. The number of ether oxygens (including phenoxy) is 1. The van der Waals surface area contributed by atoms with Gasteiger partial charge in [0, 0.05) is 44.8 Å². The van der Waals surface area contributed by atoms with Gasteiger partial charge in [-0.25, -0.2) is 9.78 Å². The molecule has 228 valence electrons. The van der Waals surface area contributed by atoms with Gasteiger partial charge in [0.1, 0.15) is 5.82 Å². The number of aromatic nitrogens is 1. The van der Waals surface area contributed by atoms with Crippen molar-refractivity contribution in [3.63, 3.8) is 0 Å². The molecule has 1 aromatic carbocycles. The summed E-state index contributed by atoms with van der Waals surface area (Å²) in [6.45, 7) is 8.10. The number of anilines is 2. The Morgan fingerprint density at radius 3 is 2.26 bits per heavy atom. The van der Waals surface area contributed by atoms with Crippen LogP contribution < -0.4 is 15.5 Å². The standard InChI is InChI=1S/C26H33N5O4.C2HF3O2/c1-3-35-26(34)19-8-12-31(13-9-19)25(33)22-16-20(17-28-23(22)30-14-10-27-11-15-30)29-24(32)21-7-5-4-6-18(21)2;3-2(4,5)1(6)7/h4-7,16-17,19,27H,3,8-15H2,1-2H3,(H,29,32);(H,6,7). The number of halogens is 3. The molecule has 2 aliphatic rings. The normalized spacial score (nSPS) is 15.7. The van der Waals surface area contributed by atoms with Crippen molar-refractivity contribution in [2.24, 2.45) is 5.92 Å². The number of hydrogen-bond donors (Lipinski definition) is 3. The molecule has 0 radical (unpaired) electrons. The molecule has 14 heteroatoms. The van der Waals surface area contributed by atoms with E-state index in [1.807, 2.05) is 25.1 Å². The van der Waals surface area contributed by atoms with Crippen molar-refractivity contribution in [3.05, 3.63) is 53.2 Å². The summed E-state index contributed by atoms with van der Waals surface area (Å²) in [6, 6.07) is 9.09. The number of alkyl halides is 3. The largest absolute Gasteiger partial charge is 0.490 e. The van der Waals surface area contributed by atoms with Crippen molar-refractivity contribution in [3.8, 4) is 0 Å². The quantitative estimate of drug-likeness (QED) is 0.431. The minimum Gasteiger partial charge on any atom is -0.475 e. The third kappa shape index (κ3) is 8.65. The number of carbonyl (C=O) groups excluding carboxylic acids is 3. The second kappa shape index (κ2) is 14.6. The summed E-state index contributed by atoms with van der Waals surface area (Å²) in [4.78, 5) is 56.0. The van der Waals surface area contributed by atoms with Crippen LogP contribution in [0.5, 0.6) is 0 Å². The molecule has 2 aliphatic heterocycles. The predicted octanol–water partition coefficient (Wildman–Crippen LogP) is 3.10. The van der Waals surface area contributed by atoms with Gasteiger partial charge in [0.2, 0.25) is 0 Å². The second-order valence-electron chi connectivity index (χ2n) is 9.72. The Balaban J connectivity index is 0.000000616. The summed E-state index contributed by atoms with van der Waals surface area (Å²) < 4.78 is 36.9. The number of carboxylic acids is 1. The molecule has 3 N–H and O–H groups in total. The molecule has 2 saturated heterocycles. The molecule has 42 heavy (non-hydrogen) atoms. The number of carbonyl (C=O) groups is 4. The smallest absolute Gasteiger partial charge is 0.475 e. The highest BCUT2D eigenvalue weighted by Crippen LogP contribution is 2.27. The first kappa shape index (κ1) is 32.3. The summed E-state index contributed by atoms with van der Waals surface area (Å²) in [5.74, 6) is -2.88. The lowest BCUT2D eigenvalue weighted by atomic mass is 9.96. The number of rotatable bonds is 6. The van der Waals surface area contributed by atoms with E-state index >= 15 is 0 Å². The molecule has 0 atom stereocenters. The molecule has 2 amide bonds. The van der Waals surface area contributed by atoms with Crippen LogP contribution in [0.25, 0.3) is 0 Å². The Labute approximate surface area is 241 Å². The zero-order valence-electron chi connectivity index (χ0n) is 23.4. The van der Waals surface area contributed by atoms with E-state index in [4.69, 9.17) is 14.6 Å². The van der Waals surface area contributed by atoms with E-state index in [0.717, 1.165) is 31.7 Å².